The molecule has 1 aliphatic heterocycles. The number of carbonyl (C=O) groups is 1. The van der Waals surface area contributed by atoms with Crippen molar-refractivity contribution in [1.29, 1.82) is 0 Å². The van der Waals surface area contributed by atoms with Crippen LogP contribution in [0.5, 0.6) is 5.75 Å². The lowest BCUT2D eigenvalue weighted by Crippen LogP contribution is -2.38. The van der Waals surface area contributed by atoms with E-state index in [1.165, 1.54) is 6.07 Å². The van der Waals surface area contributed by atoms with Gasteiger partial charge in [-0.15, -0.1) is 0 Å². The Bertz CT molecular complexity index is 654. The Balaban J connectivity index is 2.11. The van der Waals surface area contributed by atoms with Crippen molar-refractivity contribution in [2.75, 3.05) is 6.61 Å². The van der Waals surface area contributed by atoms with Crippen molar-refractivity contribution >= 4 is 5.78 Å². The van der Waals surface area contributed by atoms with Crippen LogP contribution in [0.3, 0.4) is 0 Å². The molecule has 1 N–H and O–H groups in total. The number of hydrogen-bond donors (Lipinski definition) is 1. The predicted molar refractivity (Wildman–Crippen MR) is 71.4 cm³/mol. The molecule has 0 fully saturated rings. The average molecular weight is 272 g/mol. The number of ether oxygens (including phenoxy) is 1. The number of Topliss-reactive ketones (excluding diaryl/α,β-unsaturated/α-hetero) is 1. The molecule has 0 saturated heterocycles. The van der Waals surface area contributed by atoms with Gasteiger partial charge in [0.05, 0.1) is 18.1 Å². The molecule has 0 unspecified atom stereocenters. The summed E-state index contributed by atoms with van der Waals surface area (Å²) in [5, 5.41) is 9.46. The standard InChI is InChI=1S/C16H13FO3/c17-12-7-3-1-5-10(12)15-14(9-18)20-13-8-4-2-6-11(13)16(15)19/h1-8,14-15,18H,9H2/t14-,15+/m1/s1. The smallest absolute Gasteiger partial charge is 0.177 e. The Morgan fingerprint density at radius 3 is 2.55 bits per heavy atom. The molecule has 2 atom stereocenters. The lowest BCUT2D eigenvalue weighted by molar-refractivity contribution is 0.0596. The molecule has 3 rings (SSSR count). The zero-order chi connectivity index (χ0) is 14.1. The third-order valence-electron chi connectivity index (χ3n) is 3.51. The van der Waals surface area contributed by atoms with E-state index in [1.54, 1.807) is 42.5 Å². The lowest BCUT2D eigenvalue weighted by atomic mass is 9.83. The van der Waals surface area contributed by atoms with Gasteiger partial charge in [0.25, 0.3) is 0 Å². The number of aliphatic hydroxyl groups excluding tert-OH is 1. The minimum Gasteiger partial charge on any atom is -0.486 e. The van der Waals surface area contributed by atoms with Crippen LogP contribution in [0.2, 0.25) is 0 Å². The molecule has 0 aliphatic carbocycles. The minimum atomic E-state index is -0.823. The van der Waals surface area contributed by atoms with Gasteiger partial charge in [-0.25, -0.2) is 4.39 Å². The highest BCUT2D eigenvalue weighted by atomic mass is 19.1. The summed E-state index contributed by atoms with van der Waals surface area (Å²) < 4.78 is 19.6. The summed E-state index contributed by atoms with van der Waals surface area (Å²) >= 11 is 0. The Hall–Kier alpha value is -2.20. The highest BCUT2D eigenvalue weighted by Gasteiger charge is 2.39. The van der Waals surface area contributed by atoms with E-state index in [2.05, 4.69) is 0 Å². The van der Waals surface area contributed by atoms with Crippen molar-refractivity contribution < 1.29 is 19.0 Å². The number of rotatable bonds is 2. The van der Waals surface area contributed by atoms with Crippen LogP contribution in [0.1, 0.15) is 21.8 Å². The molecule has 0 saturated carbocycles. The molecule has 0 radical (unpaired) electrons. The van der Waals surface area contributed by atoms with Gasteiger partial charge in [0.1, 0.15) is 17.7 Å². The average Bonchev–Trinajstić information content (AvgIpc) is 2.48. The number of benzene rings is 2. The zero-order valence-corrected chi connectivity index (χ0v) is 10.6. The molecule has 3 nitrogen and oxygen atoms in total. The van der Waals surface area contributed by atoms with E-state index in [1.807, 2.05) is 0 Å². The first kappa shape index (κ1) is 12.8. The molecule has 2 aromatic carbocycles. The molecule has 0 bridgehead atoms. The third-order valence-corrected chi connectivity index (χ3v) is 3.51. The van der Waals surface area contributed by atoms with Gasteiger partial charge in [0.2, 0.25) is 0 Å². The first-order valence-electron chi connectivity index (χ1n) is 6.37. The monoisotopic (exact) mass is 272 g/mol. The molecular formula is C16H13FO3. The van der Waals surface area contributed by atoms with Crippen LogP contribution in [-0.4, -0.2) is 23.6 Å². The molecule has 0 spiro atoms. The van der Waals surface area contributed by atoms with E-state index >= 15 is 0 Å². The van der Waals surface area contributed by atoms with Crippen LogP contribution < -0.4 is 4.74 Å². The van der Waals surface area contributed by atoms with Crippen molar-refractivity contribution in [3.8, 4) is 5.75 Å². The van der Waals surface area contributed by atoms with Gasteiger partial charge in [-0.3, -0.25) is 4.79 Å². The SMILES string of the molecule is O=C1c2ccccc2O[C@H](CO)[C@@H]1c1ccccc1F. The number of ketones is 1. The van der Waals surface area contributed by atoms with Gasteiger partial charge in [0, 0.05) is 5.56 Å². The zero-order valence-electron chi connectivity index (χ0n) is 10.6. The van der Waals surface area contributed by atoms with Gasteiger partial charge in [-0.2, -0.15) is 0 Å². The Morgan fingerprint density at radius 1 is 1.10 bits per heavy atom. The molecule has 0 aromatic heterocycles. The number of halogens is 1. The minimum absolute atomic E-state index is 0.226. The van der Waals surface area contributed by atoms with E-state index in [9.17, 15) is 14.3 Å². The van der Waals surface area contributed by atoms with Gasteiger partial charge in [-0.1, -0.05) is 30.3 Å². The van der Waals surface area contributed by atoms with Crippen molar-refractivity contribution in [2.45, 2.75) is 12.0 Å². The van der Waals surface area contributed by atoms with Gasteiger partial charge in [0.15, 0.2) is 5.78 Å². The van der Waals surface area contributed by atoms with Crippen LogP contribution in [0.25, 0.3) is 0 Å². The highest BCUT2D eigenvalue weighted by Crippen LogP contribution is 2.36. The van der Waals surface area contributed by atoms with Crippen LogP contribution in [-0.2, 0) is 0 Å². The summed E-state index contributed by atoms with van der Waals surface area (Å²) in [6.45, 7) is -0.348. The van der Waals surface area contributed by atoms with E-state index in [0.29, 0.717) is 11.3 Å². The number of hydrogen-bond acceptors (Lipinski definition) is 3. The summed E-state index contributed by atoms with van der Waals surface area (Å²) in [5.74, 6) is -1.08. The molecule has 1 aliphatic rings. The second-order valence-electron chi connectivity index (χ2n) is 4.70. The predicted octanol–water partition coefficient (Wildman–Crippen LogP) is 2.55. The molecule has 0 amide bonds. The largest absolute Gasteiger partial charge is 0.486 e. The number of aliphatic hydroxyl groups is 1. The van der Waals surface area contributed by atoms with E-state index < -0.39 is 17.8 Å². The normalized spacial score (nSPS) is 21.2. The highest BCUT2D eigenvalue weighted by molar-refractivity contribution is 6.04. The third kappa shape index (κ3) is 1.98. The number of para-hydroxylation sites is 1. The molecule has 1 heterocycles. The number of fused-ring (bicyclic) bond motifs is 1. The fraction of sp³-hybridized carbons (Fsp3) is 0.188. The van der Waals surface area contributed by atoms with Crippen molar-refractivity contribution in [3.63, 3.8) is 0 Å². The van der Waals surface area contributed by atoms with Gasteiger partial charge >= 0.3 is 0 Å². The van der Waals surface area contributed by atoms with E-state index in [-0.39, 0.29) is 18.0 Å². The molecule has 4 heteroatoms. The second kappa shape index (κ2) is 5.06. The van der Waals surface area contributed by atoms with E-state index in [4.69, 9.17) is 4.74 Å². The van der Waals surface area contributed by atoms with Crippen molar-refractivity contribution in [2.24, 2.45) is 0 Å². The van der Waals surface area contributed by atoms with Crippen molar-refractivity contribution in [1.82, 2.24) is 0 Å². The molecule has 2 aromatic rings. The molecule has 20 heavy (non-hydrogen) atoms. The van der Waals surface area contributed by atoms with Crippen LogP contribution >= 0.6 is 0 Å². The van der Waals surface area contributed by atoms with Gasteiger partial charge in [-0.05, 0) is 18.2 Å². The maximum Gasteiger partial charge on any atom is 0.177 e. The van der Waals surface area contributed by atoms with Crippen molar-refractivity contribution in [3.05, 3.63) is 65.5 Å². The summed E-state index contributed by atoms with van der Waals surface area (Å²) in [4.78, 5) is 12.6. The summed E-state index contributed by atoms with van der Waals surface area (Å²) in [6, 6.07) is 12.9. The lowest BCUT2D eigenvalue weighted by Gasteiger charge is -2.31. The Kier molecular flexibility index (Phi) is 3.24. The fourth-order valence-electron chi connectivity index (χ4n) is 2.55. The van der Waals surface area contributed by atoms with Gasteiger partial charge < -0.3 is 9.84 Å². The fourth-order valence-corrected chi connectivity index (χ4v) is 2.55. The van der Waals surface area contributed by atoms with Crippen LogP contribution in [0.4, 0.5) is 4.39 Å². The number of carbonyl (C=O) groups excluding carboxylic acids is 1. The molecule has 102 valence electrons. The molecular weight excluding hydrogens is 259 g/mol. The first-order chi connectivity index (χ1) is 9.72. The summed E-state index contributed by atoms with van der Waals surface area (Å²) in [6.07, 6.45) is -0.769. The first-order valence-corrected chi connectivity index (χ1v) is 6.37. The van der Waals surface area contributed by atoms with E-state index in [0.717, 1.165) is 0 Å². The summed E-state index contributed by atoms with van der Waals surface area (Å²) in [5.41, 5.74) is 0.677. The summed E-state index contributed by atoms with van der Waals surface area (Å²) in [7, 11) is 0. The Morgan fingerprint density at radius 2 is 1.80 bits per heavy atom. The van der Waals surface area contributed by atoms with Crippen LogP contribution in [0.15, 0.2) is 48.5 Å². The topological polar surface area (TPSA) is 46.5 Å². The second-order valence-corrected chi connectivity index (χ2v) is 4.70. The Labute approximate surface area is 115 Å². The maximum atomic E-state index is 13.9. The maximum absolute atomic E-state index is 13.9. The van der Waals surface area contributed by atoms with Crippen LogP contribution in [0, 0.1) is 5.82 Å². The quantitative estimate of drug-likeness (QED) is 0.914.